The van der Waals surface area contributed by atoms with Crippen LogP contribution in [0.15, 0.2) is 24.3 Å². The zero-order valence-electron chi connectivity index (χ0n) is 7.00. The summed E-state index contributed by atoms with van der Waals surface area (Å²) in [5.41, 5.74) is 0. The van der Waals surface area contributed by atoms with Gasteiger partial charge in [0, 0.05) is 11.2 Å². The van der Waals surface area contributed by atoms with E-state index in [9.17, 15) is 4.79 Å². The number of rotatable bonds is 4. The van der Waals surface area contributed by atoms with Crippen molar-refractivity contribution in [2.75, 3.05) is 12.8 Å². The highest BCUT2D eigenvalue weighted by atomic mass is 35.5. The Morgan fingerprint density at radius 2 is 2.31 bits per heavy atom. The van der Waals surface area contributed by atoms with Crippen molar-refractivity contribution < 1.29 is 9.53 Å². The van der Waals surface area contributed by atoms with E-state index < -0.39 is 0 Å². The molecule has 1 aromatic rings. The predicted octanol–water partition coefficient (Wildman–Crippen LogP) is 2.16. The minimum Gasteiger partial charge on any atom is -0.486 e. The maximum Gasteiger partial charge on any atom is 0.173 e. The van der Waals surface area contributed by atoms with Gasteiger partial charge in [0.15, 0.2) is 5.78 Å². The lowest BCUT2D eigenvalue weighted by molar-refractivity contribution is -0.118. The molecule has 0 spiro atoms. The molecule has 70 valence electrons. The number of carbonyl (C=O) groups excluding carboxylic acids is 1. The number of ketones is 1. The van der Waals surface area contributed by atoms with Crippen LogP contribution < -0.4 is 4.74 Å². The number of hydrogen-bond acceptors (Lipinski definition) is 2. The van der Waals surface area contributed by atoms with E-state index in [-0.39, 0.29) is 12.4 Å². The van der Waals surface area contributed by atoms with Crippen molar-refractivity contribution >= 4 is 26.6 Å². The van der Waals surface area contributed by atoms with Crippen LogP contribution in [-0.4, -0.2) is 18.6 Å². The van der Waals surface area contributed by atoms with E-state index in [0.29, 0.717) is 16.9 Å². The van der Waals surface area contributed by atoms with Crippen molar-refractivity contribution in [2.24, 2.45) is 0 Å². The average Bonchev–Trinajstić information content (AvgIpc) is 2.14. The molecule has 1 unspecified atom stereocenters. The molecule has 1 aromatic carbocycles. The molecule has 0 heterocycles. The summed E-state index contributed by atoms with van der Waals surface area (Å²) in [5, 5.41) is 0.607. The van der Waals surface area contributed by atoms with E-state index in [0.717, 1.165) is 0 Å². The first kappa shape index (κ1) is 10.5. The second-order valence-corrected chi connectivity index (χ2v) is 3.33. The van der Waals surface area contributed by atoms with Crippen molar-refractivity contribution in [3.63, 3.8) is 0 Å². The first-order chi connectivity index (χ1) is 6.22. The van der Waals surface area contributed by atoms with E-state index in [1.165, 1.54) is 0 Å². The van der Waals surface area contributed by atoms with E-state index in [4.69, 9.17) is 16.3 Å². The van der Waals surface area contributed by atoms with Gasteiger partial charge in [-0.25, -0.2) is 0 Å². The second kappa shape index (κ2) is 5.21. The topological polar surface area (TPSA) is 26.3 Å². The molecule has 0 aliphatic carbocycles. The van der Waals surface area contributed by atoms with Crippen molar-refractivity contribution in [1.29, 1.82) is 0 Å². The van der Waals surface area contributed by atoms with E-state index in [1.54, 1.807) is 24.3 Å². The maximum atomic E-state index is 10.9. The molecule has 0 N–H and O–H groups in total. The predicted molar refractivity (Wildman–Crippen MR) is 56.5 cm³/mol. The fourth-order valence-corrected chi connectivity index (χ4v) is 1.08. The summed E-state index contributed by atoms with van der Waals surface area (Å²) in [5.74, 6) is 0.671. The van der Waals surface area contributed by atoms with Gasteiger partial charge < -0.3 is 4.74 Å². The lowest BCUT2D eigenvalue weighted by atomic mass is 10.3. The molecule has 1 atom stereocenters. The molecule has 2 nitrogen and oxygen atoms in total. The molecular formula is C9H10ClO2P. The van der Waals surface area contributed by atoms with E-state index in [2.05, 4.69) is 9.24 Å². The molecule has 0 bridgehead atoms. The van der Waals surface area contributed by atoms with Gasteiger partial charge in [-0.15, -0.1) is 9.24 Å². The molecule has 4 heteroatoms. The average molecular weight is 217 g/mol. The van der Waals surface area contributed by atoms with Gasteiger partial charge in [-0.3, -0.25) is 4.79 Å². The van der Waals surface area contributed by atoms with Crippen LogP contribution in [0.2, 0.25) is 5.02 Å². The molecule has 0 saturated carbocycles. The largest absolute Gasteiger partial charge is 0.486 e. The Bertz CT molecular complexity index is 301. The Balaban J connectivity index is 2.50. The monoisotopic (exact) mass is 216 g/mol. The Morgan fingerprint density at radius 1 is 1.54 bits per heavy atom. The third-order valence-corrected chi connectivity index (χ3v) is 2.11. The number of ether oxygens (including phenoxy) is 1. The maximum absolute atomic E-state index is 10.9. The van der Waals surface area contributed by atoms with Crippen LogP contribution >= 0.6 is 20.8 Å². The number of Topliss-reactive ketones (excluding diaryl/α,β-unsaturated/α-hetero) is 1. The molecule has 0 fully saturated rings. The highest BCUT2D eigenvalue weighted by Gasteiger charge is 1.99. The summed E-state index contributed by atoms with van der Waals surface area (Å²) in [6, 6.07) is 6.98. The van der Waals surface area contributed by atoms with Crippen molar-refractivity contribution in [3.05, 3.63) is 29.3 Å². The van der Waals surface area contributed by atoms with Crippen LogP contribution in [0.25, 0.3) is 0 Å². The first-order valence-corrected chi connectivity index (χ1v) is 5.02. The van der Waals surface area contributed by atoms with Gasteiger partial charge in [-0.2, -0.15) is 0 Å². The fourth-order valence-electron chi connectivity index (χ4n) is 0.780. The quantitative estimate of drug-likeness (QED) is 0.721. The minimum absolute atomic E-state index is 0.0463. The molecule has 1 rings (SSSR count). The second-order valence-electron chi connectivity index (χ2n) is 2.49. The third kappa shape index (κ3) is 3.75. The molecular weight excluding hydrogens is 207 g/mol. The van der Waals surface area contributed by atoms with Crippen LogP contribution in [0.1, 0.15) is 0 Å². The van der Waals surface area contributed by atoms with Gasteiger partial charge in [-0.05, 0) is 18.2 Å². The Morgan fingerprint density at radius 3 is 2.92 bits per heavy atom. The number of hydrogen-bond donors (Lipinski definition) is 0. The molecule has 0 saturated heterocycles. The van der Waals surface area contributed by atoms with Crippen LogP contribution in [0.5, 0.6) is 5.75 Å². The third-order valence-electron chi connectivity index (χ3n) is 1.42. The Labute approximate surface area is 84.4 Å². The Hall–Kier alpha value is -0.590. The lowest BCUT2D eigenvalue weighted by Gasteiger charge is -2.03. The molecule has 0 aliphatic heterocycles. The highest BCUT2D eigenvalue weighted by molar-refractivity contribution is 7.18. The summed E-state index contributed by atoms with van der Waals surface area (Å²) in [6.07, 6.45) is 0.417. The SMILES string of the molecule is O=C(CP)COc1cccc(Cl)c1. The van der Waals surface area contributed by atoms with Gasteiger partial charge in [0.2, 0.25) is 0 Å². The van der Waals surface area contributed by atoms with Crippen LogP contribution in [0, 0.1) is 0 Å². The molecule has 0 aliphatic rings. The summed E-state index contributed by atoms with van der Waals surface area (Å²) in [7, 11) is 2.36. The molecule has 0 aromatic heterocycles. The van der Waals surface area contributed by atoms with Gasteiger partial charge in [0.1, 0.15) is 12.4 Å². The highest BCUT2D eigenvalue weighted by Crippen LogP contribution is 2.16. The van der Waals surface area contributed by atoms with Gasteiger partial charge in [-0.1, -0.05) is 17.7 Å². The van der Waals surface area contributed by atoms with E-state index in [1.807, 2.05) is 0 Å². The number of carbonyl (C=O) groups is 1. The molecule has 0 amide bonds. The van der Waals surface area contributed by atoms with Gasteiger partial charge >= 0.3 is 0 Å². The van der Waals surface area contributed by atoms with Gasteiger partial charge in [0.05, 0.1) is 0 Å². The van der Waals surface area contributed by atoms with Crippen LogP contribution in [-0.2, 0) is 4.79 Å². The fraction of sp³-hybridized carbons (Fsp3) is 0.222. The zero-order valence-corrected chi connectivity index (χ0v) is 8.91. The summed E-state index contributed by atoms with van der Waals surface area (Å²) in [6.45, 7) is 0.101. The minimum atomic E-state index is 0.0463. The van der Waals surface area contributed by atoms with Gasteiger partial charge in [0.25, 0.3) is 0 Å². The van der Waals surface area contributed by atoms with Crippen LogP contribution in [0.3, 0.4) is 0 Å². The Kier molecular flexibility index (Phi) is 4.20. The first-order valence-electron chi connectivity index (χ1n) is 3.82. The standard InChI is InChI=1S/C9H10ClO2P/c10-7-2-1-3-9(4-7)12-5-8(11)6-13/h1-4H,5-6,13H2. The van der Waals surface area contributed by atoms with Crippen LogP contribution in [0.4, 0.5) is 0 Å². The molecule has 13 heavy (non-hydrogen) atoms. The zero-order chi connectivity index (χ0) is 9.68. The normalized spacial score (nSPS) is 9.69. The number of halogens is 1. The molecule has 0 radical (unpaired) electrons. The summed E-state index contributed by atoms with van der Waals surface area (Å²) in [4.78, 5) is 10.9. The number of benzene rings is 1. The van der Waals surface area contributed by atoms with Crippen molar-refractivity contribution in [3.8, 4) is 5.75 Å². The smallest absolute Gasteiger partial charge is 0.173 e. The lowest BCUT2D eigenvalue weighted by Crippen LogP contribution is -2.11. The summed E-state index contributed by atoms with van der Waals surface area (Å²) >= 11 is 5.72. The summed E-state index contributed by atoms with van der Waals surface area (Å²) < 4.78 is 5.19. The van der Waals surface area contributed by atoms with Crippen molar-refractivity contribution in [1.82, 2.24) is 0 Å². The van der Waals surface area contributed by atoms with Crippen molar-refractivity contribution in [2.45, 2.75) is 0 Å². The van der Waals surface area contributed by atoms with E-state index >= 15 is 0 Å².